The van der Waals surface area contributed by atoms with E-state index in [1.54, 1.807) is 12.1 Å². The highest BCUT2D eigenvalue weighted by molar-refractivity contribution is 9.10. The van der Waals surface area contributed by atoms with Gasteiger partial charge in [0.15, 0.2) is 0 Å². The van der Waals surface area contributed by atoms with Gasteiger partial charge in [0, 0.05) is 6.04 Å². The number of hydrogen-bond acceptors (Lipinski definition) is 2. The van der Waals surface area contributed by atoms with Crippen molar-refractivity contribution < 1.29 is 9.50 Å². The molecule has 4 heteroatoms. The van der Waals surface area contributed by atoms with Crippen LogP contribution in [0.15, 0.2) is 22.7 Å². The van der Waals surface area contributed by atoms with E-state index in [4.69, 9.17) is 0 Å². The maximum absolute atomic E-state index is 13.1. The molecule has 0 amide bonds. The molecule has 1 unspecified atom stereocenters. The Morgan fingerprint density at radius 3 is 2.75 bits per heavy atom. The third kappa shape index (κ3) is 2.44. The van der Waals surface area contributed by atoms with Crippen molar-refractivity contribution in [3.05, 3.63) is 34.1 Å². The lowest BCUT2D eigenvalue weighted by molar-refractivity contribution is 0.173. The second-order valence-electron chi connectivity index (χ2n) is 4.54. The lowest BCUT2D eigenvalue weighted by atomic mass is 9.92. The number of nitrogens with one attached hydrogen (secondary N) is 1. The molecule has 2 N–H and O–H groups in total. The van der Waals surface area contributed by atoms with E-state index in [9.17, 15) is 9.50 Å². The van der Waals surface area contributed by atoms with Gasteiger partial charge < -0.3 is 10.4 Å². The molecule has 1 atom stereocenters. The molecular weight excluding hydrogens is 273 g/mol. The van der Waals surface area contributed by atoms with Crippen LogP contribution in [0.25, 0.3) is 0 Å². The number of halogens is 2. The Bertz CT molecular complexity index is 395. The minimum Gasteiger partial charge on any atom is -0.394 e. The predicted molar refractivity (Wildman–Crippen MR) is 64.7 cm³/mol. The molecule has 0 bridgehead atoms. The minimum absolute atomic E-state index is 0.00156. The Morgan fingerprint density at radius 1 is 1.56 bits per heavy atom. The van der Waals surface area contributed by atoms with Crippen LogP contribution in [-0.2, 0) is 5.54 Å². The summed E-state index contributed by atoms with van der Waals surface area (Å²) in [6, 6.07) is 5.34. The van der Waals surface area contributed by atoms with Crippen LogP contribution in [0.2, 0.25) is 0 Å². The molecule has 0 saturated heterocycles. The SMILES string of the molecule is CC(CO)(NC1CC1)c1ccc(F)c(Br)c1. The highest BCUT2D eigenvalue weighted by atomic mass is 79.9. The summed E-state index contributed by atoms with van der Waals surface area (Å²) in [5.74, 6) is -0.282. The number of aliphatic hydroxyl groups excluding tert-OH is 1. The summed E-state index contributed by atoms with van der Waals surface area (Å²) in [5, 5.41) is 12.9. The van der Waals surface area contributed by atoms with Crippen molar-refractivity contribution in [2.75, 3.05) is 6.61 Å². The maximum atomic E-state index is 13.1. The summed E-state index contributed by atoms with van der Waals surface area (Å²) in [7, 11) is 0. The van der Waals surface area contributed by atoms with E-state index in [1.807, 2.05) is 6.92 Å². The third-order valence-corrected chi connectivity index (χ3v) is 3.58. The van der Waals surface area contributed by atoms with Crippen LogP contribution < -0.4 is 5.32 Å². The number of hydrogen-bond donors (Lipinski definition) is 2. The van der Waals surface area contributed by atoms with Crippen molar-refractivity contribution in [2.45, 2.75) is 31.3 Å². The second kappa shape index (κ2) is 4.43. The Kier molecular flexibility index (Phi) is 3.33. The highest BCUT2D eigenvalue weighted by Crippen LogP contribution is 2.30. The quantitative estimate of drug-likeness (QED) is 0.892. The van der Waals surface area contributed by atoms with Gasteiger partial charge in [-0.05, 0) is 53.4 Å². The number of aliphatic hydroxyl groups is 1. The first-order valence-electron chi connectivity index (χ1n) is 5.39. The maximum Gasteiger partial charge on any atom is 0.137 e. The van der Waals surface area contributed by atoms with E-state index >= 15 is 0 Å². The first-order chi connectivity index (χ1) is 7.55. The molecule has 1 aromatic rings. The largest absolute Gasteiger partial charge is 0.394 e. The van der Waals surface area contributed by atoms with Crippen LogP contribution in [0, 0.1) is 5.82 Å². The van der Waals surface area contributed by atoms with Crippen LogP contribution in [0.1, 0.15) is 25.3 Å². The van der Waals surface area contributed by atoms with Crippen LogP contribution in [0.3, 0.4) is 0 Å². The Balaban J connectivity index is 2.27. The average molecular weight is 288 g/mol. The molecule has 0 spiro atoms. The lowest BCUT2D eigenvalue weighted by Crippen LogP contribution is -2.44. The molecular formula is C12H15BrFNO. The van der Waals surface area contributed by atoms with E-state index in [1.165, 1.54) is 6.07 Å². The smallest absolute Gasteiger partial charge is 0.137 e. The van der Waals surface area contributed by atoms with Crippen molar-refractivity contribution in [1.82, 2.24) is 5.32 Å². The number of benzene rings is 1. The Morgan fingerprint density at radius 2 is 2.25 bits per heavy atom. The van der Waals surface area contributed by atoms with Gasteiger partial charge in [0.1, 0.15) is 5.82 Å². The van der Waals surface area contributed by atoms with Gasteiger partial charge in [0.25, 0.3) is 0 Å². The molecule has 1 aliphatic rings. The van der Waals surface area contributed by atoms with Crippen LogP contribution in [0.5, 0.6) is 0 Å². The average Bonchev–Trinajstić information content (AvgIpc) is 3.05. The molecule has 16 heavy (non-hydrogen) atoms. The standard InChI is InChI=1S/C12H15BrFNO/c1-12(7-16,15-9-3-4-9)8-2-5-11(14)10(13)6-8/h2,5-6,9,15-16H,3-4,7H2,1H3. The van der Waals surface area contributed by atoms with E-state index in [0.29, 0.717) is 10.5 Å². The Hall–Kier alpha value is -0.450. The van der Waals surface area contributed by atoms with Gasteiger partial charge in [-0.25, -0.2) is 4.39 Å². The summed E-state index contributed by atoms with van der Waals surface area (Å²) in [5.41, 5.74) is 0.410. The normalized spacial score (nSPS) is 19.5. The van der Waals surface area contributed by atoms with Gasteiger partial charge in [-0.15, -0.1) is 0 Å². The molecule has 1 fully saturated rings. The topological polar surface area (TPSA) is 32.3 Å². The van der Waals surface area contributed by atoms with Crippen LogP contribution >= 0.6 is 15.9 Å². The van der Waals surface area contributed by atoms with Gasteiger partial charge in [-0.3, -0.25) is 0 Å². The van der Waals surface area contributed by atoms with Crippen molar-refractivity contribution in [3.8, 4) is 0 Å². The summed E-state index contributed by atoms with van der Waals surface area (Å²) in [4.78, 5) is 0. The summed E-state index contributed by atoms with van der Waals surface area (Å²) < 4.78 is 13.6. The molecule has 0 aliphatic heterocycles. The molecule has 88 valence electrons. The number of rotatable bonds is 4. The van der Waals surface area contributed by atoms with Gasteiger partial charge in [0.2, 0.25) is 0 Å². The molecule has 1 aliphatic carbocycles. The van der Waals surface area contributed by atoms with E-state index in [0.717, 1.165) is 18.4 Å². The highest BCUT2D eigenvalue weighted by Gasteiger charge is 2.33. The van der Waals surface area contributed by atoms with Gasteiger partial charge in [-0.2, -0.15) is 0 Å². The van der Waals surface area contributed by atoms with Gasteiger partial charge in [-0.1, -0.05) is 6.07 Å². The fraction of sp³-hybridized carbons (Fsp3) is 0.500. The Labute approximate surface area is 103 Å². The van der Waals surface area contributed by atoms with Gasteiger partial charge in [0.05, 0.1) is 16.6 Å². The van der Waals surface area contributed by atoms with Crippen molar-refractivity contribution in [1.29, 1.82) is 0 Å². The van der Waals surface area contributed by atoms with E-state index in [-0.39, 0.29) is 12.4 Å². The molecule has 1 saturated carbocycles. The zero-order valence-corrected chi connectivity index (χ0v) is 10.7. The summed E-state index contributed by atoms with van der Waals surface area (Å²) in [6.07, 6.45) is 2.30. The monoisotopic (exact) mass is 287 g/mol. The zero-order chi connectivity index (χ0) is 11.8. The van der Waals surface area contributed by atoms with Crippen molar-refractivity contribution in [3.63, 3.8) is 0 Å². The predicted octanol–water partition coefficient (Wildman–Crippen LogP) is 2.55. The van der Waals surface area contributed by atoms with Crippen molar-refractivity contribution >= 4 is 15.9 Å². The van der Waals surface area contributed by atoms with E-state index in [2.05, 4.69) is 21.2 Å². The molecule has 2 nitrogen and oxygen atoms in total. The minimum atomic E-state index is -0.489. The first-order valence-corrected chi connectivity index (χ1v) is 6.18. The molecule has 1 aromatic carbocycles. The molecule has 0 radical (unpaired) electrons. The summed E-state index contributed by atoms with van der Waals surface area (Å²) >= 11 is 3.17. The fourth-order valence-corrected chi connectivity index (χ4v) is 2.12. The summed E-state index contributed by atoms with van der Waals surface area (Å²) in [6.45, 7) is 1.94. The van der Waals surface area contributed by atoms with Crippen molar-refractivity contribution in [2.24, 2.45) is 0 Å². The van der Waals surface area contributed by atoms with Crippen LogP contribution in [-0.4, -0.2) is 17.8 Å². The van der Waals surface area contributed by atoms with Gasteiger partial charge >= 0.3 is 0 Å². The molecule has 0 heterocycles. The first kappa shape index (κ1) is 12.0. The molecule has 2 rings (SSSR count). The lowest BCUT2D eigenvalue weighted by Gasteiger charge is -2.29. The fourth-order valence-electron chi connectivity index (χ4n) is 1.74. The second-order valence-corrected chi connectivity index (χ2v) is 5.39. The zero-order valence-electron chi connectivity index (χ0n) is 9.13. The molecule has 0 aromatic heterocycles. The van der Waals surface area contributed by atoms with Crippen LogP contribution in [0.4, 0.5) is 4.39 Å². The third-order valence-electron chi connectivity index (χ3n) is 2.97. The van der Waals surface area contributed by atoms with E-state index < -0.39 is 5.54 Å².